The van der Waals surface area contributed by atoms with E-state index in [4.69, 9.17) is 4.74 Å². The Kier molecular flexibility index (Phi) is 4.05. The van der Waals surface area contributed by atoms with E-state index in [-0.39, 0.29) is 5.97 Å². The summed E-state index contributed by atoms with van der Waals surface area (Å²) in [4.78, 5) is 11.5. The molecule has 0 heterocycles. The van der Waals surface area contributed by atoms with Crippen LogP contribution in [0.2, 0.25) is 0 Å². The number of rotatable bonds is 5. The maximum Gasteiger partial charge on any atom is 0.338 e. The van der Waals surface area contributed by atoms with E-state index < -0.39 is 0 Å². The lowest BCUT2D eigenvalue weighted by Gasteiger charge is -2.09. The second-order valence-corrected chi connectivity index (χ2v) is 5.09. The summed E-state index contributed by atoms with van der Waals surface area (Å²) in [6, 6.07) is 5.50. The summed E-state index contributed by atoms with van der Waals surface area (Å²) in [6.45, 7) is 3.22. The van der Waals surface area contributed by atoms with Crippen molar-refractivity contribution in [2.75, 3.05) is 18.5 Å². The molecule has 1 N–H and O–H groups in total. The molecule has 0 aromatic heterocycles. The van der Waals surface area contributed by atoms with Gasteiger partial charge in [0.05, 0.1) is 12.2 Å². The topological polar surface area (TPSA) is 38.3 Å². The highest BCUT2D eigenvalue weighted by molar-refractivity contribution is 9.10. The number of carbonyl (C=O) groups is 1. The molecule has 1 saturated carbocycles. The Bertz CT molecular complexity index is 416. The van der Waals surface area contributed by atoms with Gasteiger partial charge in [-0.2, -0.15) is 0 Å². The van der Waals surface area contributed by atoms with E-state index in [1.807, 2.05) is 6.07 Å². The van der Waals surface area contributed by atoms with Crippen LogP contribution in [0.5, 0.6) is 0 Å². The van der Waals surface area contributed by atoms with E-state index >= 15 is 0 Å². The molecule has 0 atom stereocenters. The van der Waals surface area contributed by atoms with E-state index in [0.717, 1.165) is 22.6 Å². The van der Waals surface area contributed by atoms with Crippen molar-refractivity contribution in [3.05, 3.63) is 28.2 Å². The van der Waals surface area contributed by atoms with Gasteiger partial charge in [-0.15, -0.1) is 0 Å². The lowest BCUT2D eigenvalue weighted by molar-refractivity contribution is 0.0526. The Morgan fingerprint density at radius 1 is 1.53 bits per heavy atom. The van der Waals surface area contributed by atoms with Crippen LogP contribution in [0.4, 0.5) is 5.69 Å². The summed E-state index contributed by atoms with van der Waals surface area (Å²) in [7, 11) is 0. The van der Waals surface area contributed by atoms with Crippen LogP contribution in [0.1, 0.15) is 30.1 Å². The van der Waals surface area contributed by atoms with Crippen LogP contribution in [0.3, 0.4) is 0 Å². The predicted octanol–water partition coefficient (Wildman–Crippen LogP) is 3.45. The fraction of sp³-hybridized carbons (Fsp3) is 0.462. The third kappa shape index (κ3) is 3.46. The fourth-order valence-corrected chi connectivity index (χ4v) is 2.10. The van der Waals surface area contributed by atoms with Gasteiger partial charge in [0.2, 0.25) is 0 Å². The van der Waals surface area contributed by atoms with Gasteiger partial charge >= 0.3 is 5.97 Å². The summed E-state index contributed by atoms with van der Waals surface area (Å²) in [6.07, 6.45) is 2.65. The third-order valence-corrected chi connectivity index (χ3v) is 3.41. The number of carbonyl (C=O) groups excluding carboxylic acids is 1. The molecule has 0 amide bonds. The highest BCUT2D eigenvalue weighted by Gasteiger charge is 2.21. The van der Waals surface area contributed by atoms with Crippen molar-refractivity contribution in [2.24, 2.45) is 5.92 Å². The molecule has 1 aliphatic carbocycles. The first-order chi connectivity index (χ1) is 8.20. The van der Waals surface area contributed by atoms with Crippen LogP contribution in [0.25, 0.3) is 0 Å². The van der Waals surface area contributed by atoms with Gasteiger partial charge in [0.25, 0.3) is 0 Å². The maximum absolute atomic E-state index is 11.5. The number of nitrogens with one attached hydrogen (secondary N) is 1. The van der Waals surface area contributed by atoms with E-state index in [1.54, 1.807) is 19.1 Å². The molecule has 1 fully saturated rings. The molecule has 92 valence electrons. The first-order valence-electron chi connectivity index (χ1n) is 5.91. The van der Waals surface area contributed by atoms with Crippen molar-refractivity contribution >= 4 is 27.6 Å². The normalized spacial score (nSPS) is 14.5. The number of hydrogen-bond donors (Lipinski definition) is 1. The average Bonchev–Trinajstić information content (AvgIpc) is 3.11. The van der Waals surface area contributed by atoms with E-state index in [1.165, 1.54) is 12.8 Å². The zero-order valence-electron chi connectivity index (χ0n) is 9.83. The molecule has 4 heteroatoms. The first-order valence-corrected chi connectivity index (χ1v) is 6.70. The zero-order valence-corrected chi connectivity index (χ0v) is 11.4. The summed E-state index contributed by atoms with van der Waals surface area (Å²) in [5.74, 6) is 0.550. The quantitative estimate of drug-likeness (QED) is 0.846. The van der Waals surface area contributed by atoms with Crippen LogP contribution in [-0.2, 0) is 4.74 Å². The molecule has 2 rings (SSSR count). The fourth-order valence-electron chi connectivity index (χ4n) is 1.58. The molecular weight excluding hydrogens is 282 g/mol. The average molecular weight is 298 g/mol. The molecular formula is C13H16BrNO2. The number of hydrogen-bond acceptors (Lipinski definition) is 3. The molecule has 0 radical (unpaired) electrons. The van der Waals surface area contributed by atoms with Crippen LogP contribution in [-0.4, -0.2) is 19.1 Å². The van der Waals surface area contributed by atoms with Crippen LogP contribution in [0.15, 0.2) is 22.7 Å². The number of anilines is 1. The summed E-state index contributed by atoms with van der Waals surface area (Å²) >= 11 is 3.47. The van der Waals surface area contributed by atoms with Crippen molar-refractivity contribution in [1.29, 1.82) is 0 Å². The maximum atomic E-state index is 11.5. The SMILES string of the molecule is CCOC(=O)c1ccc(NCC2CC2)c(Br)c1. The summed E-state index contributed by atoms with van der Waals surface area (Å²) < 4.78 is 5.86. The van der Waals surface area contributed by atoms with Crippen molar-refractivity contribution < 1.29 is 9.53 Å². The monoisotopic (exact) mass is 297 g/mol. The minimum Gasteiger partial charge on any atom is -0.462 e. The van der Waals surface area contributed by atoms with Gasteiger partial charge in [0, 0.05) is 16.7 Å². The molecule has 0 aliphatic heterocycles. The van der Waals surface area contributed by atoms with Crippen LogP contribution < -0.4 is 5.32 Å². The molecule has 0 spiro atoms. The Hall–Kier alpha value is -1.03. The van der Waals surface area contributed by atoms with Gasteiger partial charge in [0.15, 0.2) is 0 Å². The molecule has 1 aromatic rings. The summed E-state index contributed by atoms with van der Waals surface area (Å²) in [5, 5.41) is 3.37. The van der Waals surface area contributed by atoms with E-state index in [9.17, 15) is 4.79 Å². The Morgan fingerprint density at radius 2 is 2.29 bits per heavy atom. The highest BCUT2D eigenvalue weighted by Crippen LogP contribution is 2.30. The standard InChI is InChI=1S/C13H16BrNO2/c1-2-17-13(16)10-5-6-12(11(14)7-10)15-8-9-3-4-9/h5-7,9,15H,2-4,8H2,1H3. The second kappa shape index (κ2) is 5.54. The number of halogens is 1. The molecule has 0 saturated heterocycles. The first kappa shape index (κ1) is 12.4. The number of benzene rings is 1. The highest BCUT2D eigenvalue weighted by atomic mass is 79.9. The number of esters is 1. The van der Waals surface area contributed by atoms with E-state index in [0.29, 0.717) is 12.2 Å². The van der Waals surface area contributed by atoms with Crippen molar-refractivity contribution in [1.82, 2.24) is 0 Å². The van der Waals surface area contributed by atoms with Gasteiger partial charge in [-0.05, 0) is 59.8 Å². The van der Waals surface area contributed by atoms with Gasteiger partial charge in [-0.1, -0.05) is 0 Å². The second-order valence-electron chi connectivity index (χ2n) is 4.24. The van der Waals surface area contributed by atoms with Gasteiger partial charge in [0.1, 0.15) is 0 Å². The van der Waals surface area contributed by atoms with Crippen LogP contribution in [0, 0.1) is 5.92 Å². The molecule has 0 bridgehead atoms. The van der Waals surface area contributed by atoms with Crippen molar-refractivity contribution in [3.63, 3.8) is 0 Å². The molecule has 0 unspecified atom stereocenters. The van der Waals surface area contributed by atoms with E-state index in [2.05, 4.69) is 21.2 Å². The minimum absolute atomic E-state index is 0.276. The summed E-state index contributed by atoms with van der Waals surface area (Å²) in [5.41, 5.74) is 1.61. The van der Waals surface area contributed by atoms with Gasteiger partial charge < -0.3 is 10.1 Å². The zero-order chi connectivity index (χ0) is 12.3. The minimum atomic E-state index is -0.276. The Morgan fingerprint density at radius 3 is 2.88 bits per heavy atom. The number of ether oxygens (including phenoxy) is 1. The van der Waals surface area contributed by atoms with Gasteiger partial charge in [-0.3, -0.25) is 0 Å². The Balaban J connectivity index is 2.01. The third-order valence-electron chi connectivity index (χ3n) is 2.76. The lowest BCUT2D eigenvalue weighted by atomic mass is 10.2. The van der Waals surface area contributed by atoms with Crippen LogP contribution >= 0.6 is 15.9 Å². The lowest BCUT2D eigenvalue weighted by Crippen LogP contribution is -2.07. The largest absolute Gasteiger partial charge is 0.462 e. The molecule has 1 aromatic carbocycles. The molecule has 3 nitrogen and oxygen atoms in total. The molecule has 1 aliphatic rings. The predicted molar refractivity (Wildman–Crippen MR) is 71.3 cm³/mol. The van der Waals surface area contributed by atoms with Crippen molar-refractivity contribution in [3.8, 4) is 0 Å². The smallest absolute Gasteiger partial charge is 0.338 e. The molecule has 17 heavy (non-hydrogen) atoms. The van der Waals surface area contributed by atoms with Crippen molar-refractivity contribution in [2.45, 2.75) is 19.8 Å². The Labute approximate surface area is 110 Å². The van der Waals surface area contributed by atoms with Gasteiger partial charge in [-0.25, -0.2) is 4.79 Å².